The van der Waals surface area contributed by atoms with Crippen molar-refractivity contribution in [3.63, 3.8) is 0 Å². The molecule has 0 spiro atoms. The van der Waals surface area contributed by atoms with Crippen LogP contribution in [0, 0.1) is 0 Å². The number of aromatic nitrogens is 9. The van der Waals surface area contributed by atoms with Gasteiger partial charge in [-0.05, 0) is 70.8 Å². The number of carboxylic acids is 1. The number of rotatable bonds is 18. The van der Waals surface area contributed by atoms with Crippen molar-refractivity contribution in [2.45, 2.75) is 80.9 Å². The van der Waals surface area contributed by atoms with Crippen molar-refractivity contribution < 1.29 is 57.9 Å². The molecular weight excluding hydrogens is 1420 g/mol. The molecule has 6 aromatic heterocycles. The molecule has 4 aliphatic heterocycles. The van der Waals surface area contributed by atoms with Crippen LogP contribution in [0.15, 0.2) is 211 Å². The fraction of sp³-hybridized carbons (Fsp3) is 0.205. The van der Waals surface area contributed by atoms with E-state index in [1.54, 1.807) is 56.3 Å². The van der Waals surface area contributed by atoms with Gasteiger partial charge >= 0.3 is 5.97 Å². The largest absolute Gasteiger partial charge is 0.477 e. The van der Waals surface area contributed by atoms with Gasteiger partial charge in [-0.15, -0.1) is 11.3 Å². The van der Waals surface area contributed by atoms with Crippen molar-refractivity contribution in [2.75, 3.05) is 26.4 Å². The molecule has 0 bridgehead atoms. The topological polar surface area (TPSA) is 387 Å². The number of aromatic carboxylic acids is 1. The first-order valence-corrected chi connectivity index (χ1v) is 36.8. The maximum atomic E-state index is 13.0. The number of nitrogens with two attached hydrogens (primary N) is 1. The number of thiophene rings is 1. The number of halogens is 1. The predicted molar refractivity (Wildman–Crippen MR) is 397 cm³/mol. The molecule has 0 saturated heterocycles. The summed E-state index contributed by atoms with van der Waals surface area (Å²) in [7, 11) is -3.76. The number of H-pyrrole nitrogens is 4. The summed E-state index contributed by atoms with van der Waals surface area (Å²) in [6.07, 6.45) is 3.49. The Labute approximate surface area is 622 Å². The van der Waals surface area contributed by atoms with E-state index in [2.05, 4.69) is 45.8 Å². The standard InChI is InChI=1S/C20H18ClN3O2.C20H20N4O4S.C19H18N4O2.C19H17N3O4S/c21-15-8-6-14(7-9-15)19-16-10-24(11-18(16)22-23-19)20(26)17(12-25)13-4-2-1-3-5-13;21-29(27,28)15-8-6-14(7-9-15)19-16-10-24(11-18(16)22-23-19)20(26)17(12-25)13-4-2-1-3-5-13;24-12-16(13-5-2-1-3-6-13)19(25)23-10-15-17(11-23)21-22-18(15)14-7-4-8-20-9-14;23-10-13(11-4-2-1-3-5-11)18(24)22-8-12-14(9-22)20-21-17(12)15-6-7-16(27-15)19(25)26/h1-9,17,25H,10-12H2,(H,22,23);1-9,17,25H,10-12H2,(H,22,23)(H2,21,27,28);1-9,16,24H,10-12H2,(H,21,22);1-7,13,23H,8-10H2,(H,20,21)(H,25,26). The molecule has 16 rings (SSSR count). The summed E-state index contributed by atoms with van der Waals surface area (Å²) >= 11 is 7.12. The first-order chi connectivity index (χ1) is 51.9. The van der Waals surface area contributed by atoms with Crippen molar-refractivity contribution in [3.05, 3.63) is 284 Å². The van der Waals surface area contributed by atoms with Crippen LogP contribution in [-0.4, -0.2) is 155 Å². The predicted octanol–water partition coefficient (Wildman–Crippen LogP) is 9.24. The molecule has 11 N–H and O–H groups in total. The highest BCUT2D eigenvalue weighted by Gasteiger charge is 2.38. The molecule has 0 radical (unpaired) electrons. The number of hydrogen-bond donors (Lipinski definition) is 10. The summed E-state index contributed by atoms with van der Waals surface area (Å²) in [5.41, 5.74) is 16.2. The number of pyridine rings is 1. The van der Waals surface area contributed by atoms with Gasteiger partial charge in [0.25, 0.3) is 0 Å². The minimum atomic E-state index is -3.76. The molecule has 26 nitrogen and oxygen atoms in total. The van der Waals surface area contributed by atoms with Gasteiger partial charge in [-0.3, -0.25) is 44.6 Å². The minimum Gasteiger partial charge on any atom is -0.477 e. The Bertz CT molecular complexity index is 5240. The third-order valence-corrected chi connectivity index (χ3v) is 21.4. The number of aromatic amines is 4. The highest BCUT2D eigenvalue weighted by atomic mass is 35.5. The highest BCUT2D eigenvalue weighted by Crippen LogP contribution is 2.39. The van der Waals surface area contributed by atoms with Crippen molar-refractivity contribution in [1.82, 2.24) is 65.4 Å². The van der Waals surface area contributed by atoms with Crippen molar-refractivity contribution in [3.8, 4) is 44.3 Å². The first kappa shape index (κ1) is 73.7. The number of benzene rings is 6. The zero-order valence-electron chi connectivity index (χ0n) is 57.3. The van der Waals surface area contributed by atoms with Gasteiger partial charge in [-0.25, -0.2) is 18.4 Å². The average Bonchev–Trinajstić information content (AvgIpc) is 1.65. The van der Waals surface area contributed by atoms with Crippen LogP contribution in [0.5, 0.6) is 0 Å². The lowest BCUT2D eigenvalue weighted by molar-refractivity contribution is -0.135. The Hall–Kier alpha value is -11.6. The summed E-state index contributed by atoms with van der Waals surface area (Å²) < 4.78 is 22.9. The highest BCUT2D eigenvalue weighted by molar-refractivity contribution is 7.89. The van der Waals surface area contributed by atoms with Gasteiger partial charge in [0.2, 0.25) is 33.7 Å². The Kier molecular flexibility index (Phi) is 22.6. The number of carbonyl (C=O) groups is 5. The molecule has 4 atom stereocenters. The van der Waals surface area contributed by atoms with Crippen LogP contribution in [0.3, 0.4) is 0 Å². The molecule has 4 unspecified atom stereocenters. The van der Waals surface area contributed by atoms with Gasteiger partial charge in [-0.1, -0.05) is 157 Å². The van der Waals surface area contributed by atoms with Gasteiger partial charge in [-0.2, -0.15) is 20.4 Å². The normalized spacial score (nSPS) is 14.4. The lowest BCUT2D eigenvalue weighted by atomic mass is 9.98. The van der Waals surface area contributed by atoms with Gasteiger partial charge < -0.3 is 45.1 Å². The smallest absolute Gasteiger partial charge is 0.345 e. The fourth-order valence-corrected chi connectivity index (χ4v) is 15.0. The molecule has 29 heteroatoms. The second-order valence-corrected chi connectivity index (χ2v) is 28.8. The van der Waals surface area contributed by atoms with Crippen molar-refractivity contribution >= 4 is 62.6 Å². The molecule has 12 aromatic rings. The van der Waals surface area contributed by atoms with Crippen LogP contribution in [0.2, 0.25) is 5.02 Å². The number of aliphatic hydroxyl groups excluding tert-OH is 4. The van der Waals surface area contributed by atoms with Gasteiger partial charge in [0, 0.05) is 56.4 Å². The maximum absolute atomic E-state index is 13.0. The molecular formula is C78H73ClN14O12S2. The van der Waals surface area contributed by atoms with E-state index in [0.717, 1.165) is 112 Å². The second kappa shape index (κ2) is 32.8. The lowest BCUT2D eigenvalue weighted by Gasteiger charge is -2.22. The van der Waals surface area contributed by atoms with E-state index in [1.807, 2.05) is 158 Å². The van der Waals surface area contributed by atoms with E-state index in [4.69, 9.17) is 21.8 Å². The van der Waals surface area contributed by atoms with Crippen LogP contribution in [0.1, 0.15) is 101 Å². The maximum Gasteiger partial charge on any atom is 0.345 e. The van der Waals surface area contributed by atoms with Crippen LogP contribution >= 0.6 is 22.9 Å². The van der Waals surface area contributed by atoms with E-state index < -0.39 is 39.7 Å². The molecule has 107 heavy (non-hydrogen) atoms. The SMILES string of the molecule is NS(=O)(=O)c1ccc(-c2n[nH]c3c2CN(C(=O)C(CO)c2ccccc2)C3)cc1.O=C(C(CO)c1ccccc1)N1Cc2[nH]nc(-c3ccc(Cl)cc3)c2C1.O=C(C(CO)c1ccccc1)N1Cc2[nH]nc(-c3cccnc3)c2C1.O=C(O)c1ccc(-c2n[nH]c3c2CN(C(=O)C(CO)c2ccccc2)C3)s1. The second-order valence-electron chi connectivity index (χ2n) is 25.8. The number of nitrogens with zero attached hydrogens (tertiary/aromatic N) is 9. The Balaban J connectivity index is 0.000000126. The summed E-state index contributed by atoms with van der Waals surface area (Å²) in [6, 6.07) is 57.9. The zero-order chi connectivity index (χ0) is 74.9. The Morgan fingerprint density at radius 1 is 0.421 bits per heavy atom. The number of carboxylic acid groups (broad SMARTS) is 1. The van der Waals surface area contributed by atoms with E-state index in [1.165, 1.54) is 12.1 Å². The van der Waals surface area contributed by atoms with Crippen molar-refractivity contribution in [2.24, 2.45) is 5.14 Å². The van der Waals surface area contributed by atoms with E-state index in [9.17, 15) is 52.8 Å². The third-order valence-electron chi connectivity index (χ3n) is 19.1. The van der Waals surface area contributed by atoms with Gasteiger partial charge in [0.05, 0.1) is 152 Å². The van der Waals surface area contributed by atoms with Crippen LogP contribution < -0.4 is 5.14 Å². The Morgan fingerprint density at radius 3 is 1.06 bits per heavy atom. The number of amides is 4. The van der Waals surface area contributed by atoms with E-state index >= 15 is 0 Å². The third kappa shape index (κ3) is 16.1. The summed E-state index contributed by atoms with van der Waals surface area (Å²) in [5.74, 6) is -3.73. The summed E-state index contributed by atoms with van der Waals surface area (Å²) in [6.45, 7) is 2.47. The zero-order valence-corrected chi connectivity index (χ0v) is 59.7. The summed E-state index contributed by atoms with van der Waals surface area (Å²) in [5, 5.41) is 83.3. The number of carbonyl (C=O) groups excluding carboxylic acids is 4. The van der Waals surface area contributed by atoms with E-state index in [0.29, 0.717) is 68.8 Å². The van der Waals surface area contributed by atoms with Crippen molar-refractivity contribution in [1.29, 1.82) is 0 Å². The molecule has 4 aliphatic rings. The van der Waals surface area contributed by atoms with Gasteiger partial charge in [0.1, 0.15) is 10.6 Å². The van der Waals surface area contributed by atoms with Crippen LogP contribution in [-0.2, 0) is 81.6 Å². The molecule has 0 saturated carbocycles. The molecule has 0 aliphatic carbocycles. The number of primary sulfonamides is 1. The molecule has 10 heterocycles. The molecule has 4 amide bonds. The fourth-order valence-electron chi connectivity index (χ4n) is 13.5. The van der Waals surface area contributed by atoms with Gasteiger partial charge in [0.15, 0.2) is 0 Å². The van der Waals surface area contributed by atoms with E-state index in [-0.39, 0.29) is 59.8 Å². The quantitative estimate of drug-likeness (QED) is 0.0382. The minimum absolute atomic E-state index is 0.0267. The molecule has 6 aromatic carbocycles. The number of fused-ring (bicyclic) bond motifs is 4. The Morgan fingerprint density at radius 2 is 0.748 bits per heavy atom. The first-order valence-electron chi connectivity index (χ1n) is 34.1. The number of nitrogens with one attached hydrogen (secondary N) is 4. The number of sulfonamides is 1. The molecule has 546 valence electrons. The average molecular weight is 1500 g/mol. The van der Waals surface area contributed by atoms with Crippen LogP contribution in [0.25, 0.3) is 44.3 Å². The number of hydrogen-bond acceptors (Lipinski definition) is 17. The lowest BCUT2D eigenvalue weighted by Crippen LogP contribution is -2.32. The van der Waals surface area contributed by atoms with Crippen LogP contribution in [0.4, 0.5) is 0 Å². The molecule has 0 fully saturated rings. The number of aliphatic hydroxyl groups is 4. The summed E-state index contributed by atoms with van der Waals surface area (Å²) in [4.78, 5) is 75.0. The monoisotopic (exact) mass is 1500 g/mol.